The fourth-order valence-corrected chi connectivity index (χ4v) is 3.23. The average molecular weight is 416 g/mol. The van der Waals surface area contributed by atoms with Gasteiger partial charge >= 0.3 is 5.97 Å². The number of ether oxygens (including phenoxy) is 1. The third-order valence-electron chi connectivity index (χ3n) is 4.99. The molecular formula is C24H24N4O3. The van der Waals surface area contributed by atoms with Crippen molar-refractivity contribution in [3.63, 3.8) is 0 Å². The normalized spacial score (nSPS) is 11.6. The number of pyridine rings is 1. The van der Waals surface area contributed by atoms with E-state index in [1.807, 2.05) is 31.3 Å². The summed E-state index contributed by atoms with van der Waals surface area (Å²) in [6.45, 7) is 0.803. The molecule has 7 heteroatoms. The summed E-state index contributed by atoms with van der Waals surface area (Å²) >= 11 is 0. The van der Waals surface area contributed by atoms with E-state index in [2.05, 4.69) is 39.5 Å². The topological polar surface area (TPSA) is 98.5 Å². The molecule has 7 nitrogen and oxygen atoms in total. The standard InChI is InChI=1S/C17H16N2O.C7H8N2O2/c1-19(15-7-4-13(12-18)5-8-15)16-9-6-14-3-2-10-20-17(14)11-16;1-8-6-4-9-3-2-5(6)7(10)11/h4-9,11H,2-3,10H2,1H3;2-4,8H,1H3,(H,10,11). The van der Waals surface area contributed by atoms with Crippen molar-refractivity contribution in [1.82, 2.24) is 4.98 Å². The Bertz CT molecular complexity index is 1090. The Hall–Kier alpha value is -4.05. The largest absolute Gasteiger partial charge is 0.493 e. The molecule has 0 spiro atoms. The highest BCUT2D eigenvalue weighted by Gasteiger charge is 2.13. The first-order chi connectivity index (χ1) is 15.0. The number of hydrogen-bond donors (Lipinski definition) is 2. The lowest BCUT2D eigenvalue weighted by molar-refractivity contribution is 0.0698. The first kappa shape index (κ1) is 21.7. The van der Waals surface area contributed by atoms with Gasteiger partial charge in [-0.05, 0) is 54.8 Å². The number of benzene rings is 2. The van der Waals surface area contributed by atoms with Gasteiger partial charge in [0, 0.05) is 37.7 Å². The molecule has 0 atom stereocenters. The van der Waals surface area contributed by atoms with Crippen LogP contribution in [0.25, 0.3) is 0 Å². The van der Waals surface area contributed by atoms with E-state index in [4.69, 9.17) is 15.1 Å². The minimum atomic E-state index is -0.947. The van der Waals surface area contributed by atoms with E-state index < -0.39 is 5.97 Å². The molecule has 0 aliphatic carbocycles. The van der Waals surface area contributed by atoms with Crippen LogP contribution in [-0.4, -0.2) is 36.8 Å². The van der Waals surface area contributed by atoms with Crippen LogP contribution in [0, 0.1) is 11.3 Å². The number of nitriles is 1. The van der Waals surface area contributed by atoms with Crippen molar-refractivity contribution < 1.29 is 14.6 Å². The van der Waals surface area contributed by atoms with Crippen molar-refractivity contribution in [3.8, 4) is 11.8 Å². The second kappa shape index (κ2) is 10.1. The SMILES string of the molecule is CN(c1ccc(C#N)cc1)c1ccc2c(c1)OCCC2.CNc1cnccc1C(=O)O. The third kappa shape index (κ3) is 5.31. The first-order valence-corrected chi connectivity index (χ1v) is 9.88. The first-order valence-electron chi connectivity index (χ1n) is 9.88. The lowest BCUT2D eigenvalue weighted by atomic mass is 10.1. The highest BCUT2D eigenvalue weighted by atomic mass is 16.5. The molecule has 3 aromatic rings. The molecule has 0 unspecified atom stereocenters. The van der Waals surface area contributed by atoms with E-state index >= 15 is 0 Å². The molecule has 0 radical (unpaired) electrons. The van der Waals surface area contributed by atoms with Crippen molar-refractivity contribution >= 4 is 23.0 Å². The van der Waals surface area contributed by atoms with Crippen LogP contribution >= 0.6 is 0 Å². The monoisotopic (exact) mass is 416 g/mol. The van der Waals surface area contributed by atoms with Gasteiger partial charge in [-0.25, -0.2) is 4.79 Å². The van der Waals surface area contributed by atoms with Crippen LogP contribution < -0.4 is 15.0 Å². The molecule has 158 valence electrons. The number of aromatic nitrogens is 1. The van der Waals surface area contributed by atoms with Crippen LogP contribution in [0.1, 0.15) is 27.9 Å². The Kier molecular flexibility index (Phi) is 7.07. The summed E-state index contributed by atoms with van der Waals surface area (Å²) in [7, 11) is 3.68. The summed E-state index contributed by atoms with van der Waals surface area (Å²) in [5, 5.41) is 20.2. The molecule has 1 aliphatic rings. The van der Waals surface area contributed by atoms with Crippen LogP contribution in [0.5, 0.6) is 5.75 Å². The number of carbonyl (C=O) groups is 1. The lowest BCUT2D eigenvalue weighted by Gasteiger charge is -2.23. The highest BCUT2D eigenvalue weighted by molar-refractivity contribution is 5.93. The summed E-state index contributed by atoms with van der Waals surface area (Å²) in [6.07, 6.45) is 5.11. The van der Waals surface area contributed by atoms with Crippen molar-refractivity contribution in [1.29, 1.82) is 5.26 Å². The second-order valence-electron chi connectivity index (χ2n) is 6.94. The van der Waals surface area contributed by atoms with Crippen molar-refractivity contribution in [2.75, 3.05) is 30.9 Å². The molecule has 2 heterocycles. The van der Waals surface area contributed by atoms with Gasteiger partial charge in [0.15, 0.2) is 0 Å². The fourth-order valence-electron chi connectivity index (χ4n) is 3.23. The Morgan fingerprint density at radius 1 is 1.19 bits per heavy atom. The number of aryl methyl sites for hydroxylation is 1. The zero-order valence-electron chi connectivity index (χ0n) is 17.5. The zero-order chi connectivity index (χ0) is 22.2. The second-order valence-corrected chi connectivity index (χ2v) is 6.94. The highest BCUT2D eigenvalue weighted by Crippen LogP contribution is 2.32. The van der Waals surface area contributed by atoms with Gasteiger partial charge in [0.25, 0.3) is 0 Å². The number of aromatic carboxylic acids is 1. The maximum atomic E-state index is 10.5. The van der Waals surface area contributed by atoms with Gasteiger partial charge in [0.05, 0.1) is 35.7 Å². The predicted octanol–water partition coefficient (Wildman–Crippen LogP) is 4.47. The van der Waals surface area contributed by atoms with Crippen molar-refractivity contribution in [2.45, 2.75) is 12.8 Å². The number of anilines is 3. The Morgan fingerprint density at radius 2 is 1.94 bits per heavy atom. The van der Waals surface area contributed by atoms with Crippen LogP contribution in [0.4, 0.5) is 17.1 Å². The summed E-state index contributed by atoms with van der Waals surface area (Å²) in [4.78, 5) is 16.4. The summed E-state index contributed by atoms with van der Waals surface area (Å²) in [5.41, 5.74) is 4.88. The molecule has 31 heavy (non-hydrogen) atoms. The summed E-state index contributed by atoms with van der Waals surface area (Å²) < 4.78 is 5.72. The maximum absolute atomic E-state index is 10.5. The predicted molar refractivity (Wildman–Crippen MR) is 120 cm³/mol. The van der Waals surface area contributed by atoms with E-state index in [-0.39, 0.29) is 5.56 Å². The van der Waals surface area contributed by atoms with Crippen molar-refractivity contribution in [2.24, 2.45) is 0 Å². The van der Waals surface area contributed by atoms with Gasteiger partial charge in [-0.15, -0.1) is 0 Å². The number of hydrogen-bond acceptors (Lipinski definition) is 6. The molecule has 0 saturated heterocycles. The average Bonchev–Trinajstić information content (AvgIpc) is 2.83. The van der Waals surface area contributed by atoms with E-state index in [1.54, 1.807) is 7.05 Å². The number of nitrogens with one attached hydrogen (secondary N) is 1. The summed E-state index contributed by atoms with van der Waals surface area (Å²) in [6, 6.07) is 17.5. The van der Waals surface area contributed by atoms with Gasteiger partial charge in [-0.2, -0.15) is 5.26 Å². The maximum Gasteiger partial charge on any atom is 0.337 e. The van der Waals surface area contributed by atoms with Gasteiger partial charge in [-0.1, -0.05) is 6.07 Å². The minimum Gasteiger partial charge on any atom is -0.493 e. The number of fused-ring (bicyclic) bond motifs is 1. The Morgan fingerprint density at radius 3 is 2.58 bits per heavy atom. The molecule has 0 fully saturated rings. The molecular weight excluding hydrogens is 392 g/mol. The molecule has 1 aromatic heterocycles. The van der Waals surface area contributed by atoms with Crippen LogP contribution in [-0.2, 0) is 6.42 Å². The number of carboxylic acids is 1. The van der Waals surface area contributed by atoms with E-state index in [0.717, 1.165) is 36.6 Å². The number of carboxylic acid groups (broad SMARTS) is 1. The molecule has 0 bridgehead atoms. The fraction of sp³-hybridized carbons (Fsp3) is 0.208. The Balaban J connectivity index is 0.000000210. The number of rotatable bonds is 4. The van der Waals surface area contributed by atoms with Gasteiger partial charge < -0.3 is 20.1 Å². The van der Waals surface area contributed by atoms with Gasteiger partial charge in [0.1, 0.15) is 5.75 Å². The third-order valence-corrected chi connectivity index (χ3v) is 4.99. The molecule has 4 rings (SSSR count). The quantitative estimate of drug-likeness (QED) is 0.647. The Labute approximate surface area is 181 Å². The van der Waals surface area contributed by atoms with Crippen LogP contribution in [0.2, 0.25) is 0 Å². The van der Waals surface area contributed by atoms with E-state index in [1.165, 1.54) is 24.0 Å². The molecule has 0 saturated carbocycles. The number of nitrogens with zero attached hydrogens (tertiary/aromatic N) is 3. The van der Waals surface area contributed by atoms with E-state index in [9.17, 15) is 4.79 Å². The van der Waals surface area contributed by atoms with Gasteiger partial charge in [-0.3, -0.25) is 4.98 Å². The zero-order valence-corrected chi connectivity index (χ0v) is 17.5. The summed E-state index contributed by atoms with van der Waals surface area (Å²) in [5.74, 6) is 0.0472. The molecule has 1 aliphatic heterocycles. The van der Waals surface area contributed by atoms with Gasteiger partial charge in [0.2, 0.25) is 0 Å². The molecule has 2 aromatic carbocycles. The van der Waals surface area contributed by atoms with E-state index in [0.29, 0.717) is 11.3 Å². The minimum absolute atomic E-state index is 0.238. The van der Waals surface area contributed by atoms with Crippen molar-refractivity contribution in [3.05, 3.63) is 77.6 Å². The molecule has 0 amide bonds. The lowest BCUT2D eigenvalue weighted by Crippen LogP contribution is -2.12. The molecule has 2 N–H and O–H groups in total. The smallest absolute Gasteiger partial charge is 0.337 e. The van der Waals surface area contributed by atoms with Crippen LogP contribution in [0.15, 0.2) is 60.9 Å². The van der Waals surface area contributed by atoms with Crippen LogP contribution in [0.3, 0.4) is 0 Å².